The van der Waals surface area contributed by atoms with Gasteiger partial charge in [-0.15, -0.1) is 0 Å². The molecule has 142 valence electrons. The highest BCUT2D eigenvalue weighted by molar-refractivity contribution is 5.89. The van der Waals surface area contributed by atoms with Crippen molar-refractivity contribution in [1.29, 1.82) is 0 Å². The van der Waals surface area contributed by atoms with E-state index in [-0.39, 0.29) is 30.2 Å². The second-order valence-electron chi connectivity index (χ2n) is 7.22. The molecule has 1 aromatic carbocycles. The van der Waals surface area contributed by atoms with E-state index in [0.29, 0.717) is 13.1 Å². The van der Waals surface area contributed by atoms with Crippen LogP contribution >= 0.6 is 0 Å². The fourth-order valence-corrected chi connectivity index (χ4v) is 4.12. The van der Waals surface area contributed by atoms with Gasteiger partial charge in [0.2, 0.25) is 11.8 Å². The summed E-state index contributed by atoms with van der Waals surface area (Å²) >= 11 is 0. The minimum absolute atomic E-state index is 0.0185. The Kier molecular flexibility index (Phi) is 4.88. The van der Waals surface area contributed by atoms with E-state index in [2.05, 4.69) is 0 Å². The van der Waals surface area contributed by atoms with Gasteiger partial charge in [-0.1, -0.05) is 12.1 Å². The Balaban J connectivity index is 1.44. The van der Waals surface area contributed by atoms with Crippen LogP contribution in [0.5, 0.6) is 5.75 Å². The topological polar surface area (TPSA) is 63.0 Å². The summed E-state index contributed by atoms with van der Waals surface area (Å²) in [5.74, 6) is 1.39. The van der Waals surface area contributed by atoms with E-state index in [1.807, 2.05) is 41.3 Å². The van der Waals surface area contributed by atoms with Gasteiger partial charge < -0.3 is 19.0 Å². The van der Waals surface area contributed by atoms with Gasteiger partial charge in [-0.25, -0.2) is 0 Å². The highest BCUT2D eigenvalue weighted by atomic mass is 16.5. The van der Waals surface area contributed by atoms with Crippen LogP contribution in [0.25, 0.3) is 0 Å². The molecule has 0 aliphatic carbocycles. The highest BCUT2D eigenvalue weighted by Gasteiger charge is 2.40. The molecule has 2 saturated heterocycles. The average molecular weight is 368 g/mol. The maximum Gasteiger partial charge on any atom is 0.228 e. The summed E-state index contributed by atoms with van der Waals surface area (Å²) < 4.78 is 10.6. The number of hydrogen-bond donors (Lipinski definition) is 0. The predicted octanol–water partition coefficient (Wildman–Crippen LogP) is 3.00. The number of furan rings is 1. The first-order valence-electron chi connectivity index (χ1n) is 9.40. The molecular formula is C21H24N2O4. The quantitative estimate of drug-likeness (QED) is 0.814. The van der Waals surface area contributed by atoms with Crippen molar-refractivity contribution in [1.82, 2.24) is 9.80 Å². The molecule has 2 fully saturated rings. The molecule has 6 heteroatoms. The van der Waals surface area contributed by atoms with Crippen molar-refractivity contribution in [2.45, 2.75) is 31.8 Å². The first kappa shape index (κ1) is 17.6. The Hall–Kier alpha value is -2.76. The predicted molar refractivity (Wildman–Crippen MR) is 98.9 cm³/mol. The molecule has 6 nitrogen and oxygen atoms in total. The summed E-state index contributed by atoms with van der Waals surface area (Å²) in [7, 11) is 1.64. The van der Waals surface area contributed by atoms with E-state index in [1.54, 1.807) is 18.3 Å². The lowest BCUT2D eigenvalue weighted by Gasteiger charge is -2.27. The molecule has 0 N–H and O–H groups in total. The molecule has 2 aliphatic heterocycles. The van der Waals surface area contributed by atoms with Gasteiger partial charge in [-0.2, -0.15) is 0 Å². The smallest absolute Gasteiger partial charge is 0.228 e. The number of benzene rings is 1. The second-order valence-corrected chi connectivity index (χ2v) is 7.22. The molecule has 2 atom stereocenters. The molecule has 2 aromatic rings. The third-order valence-corrected chi connectivity index (χ3v) is 5.53. The van der Waals surface area contributed by atoms with Crippen LogP contribution in [-0.2, 0) is 16.1 Å². The summed E-state index contributed by atoms with van der Waals surface area (Å²) in [6, 6.07) is 11.7. The highest BCUT2D eigenvalue weighted by Crippen LogP contribution is 2.35. The Bertz CT molecular complexity index is 800. The molecule has 2 aliphatic rings. The fraction of sp³-hybridized carbons (Fsp3) is 0.429. The molecule has 4 rings (SSSR count). The van der Waals surface area contributed by atoms with E-state index in [4.69, 9.17) is 9.15 Å². The van der Waals surface area contributed by atoms with Gasteiger partial charge in [0.15, 0.2) is 0 Å². The van der Waals surface area contributed by atoms with Crippen molar-refractivity contribution in [3.8, 4) is 5.75 Å². The van der Waals surface area contributed by atoms with Crippen molar-refractivity contribution >= 4 is 11.8 Å². The van der Waals surface area contributed by atoms with Gasteiger partial charge in [0.05, 0.1) is 31.9 Å². The van der Waals surface area contributed by atoms with E-state index in [0.717, 1.165) is 36.5 Å². The van der Waals surface area contributed by atoms with Gasteiger partial charge in [0.1, 0.15) is 11.5 Å². The second kappa shape index (κ2) is 7.47. The van der Waals surface area contributed by atoms with E-state index in [9.17, 15) is 9.59 Å². The Labute approximate surface area is 158 Å². The fourth-order valence-electron chi connectivity index (χ4n) is 4.12. The summed E-state index contributed by atoms with van der Waals surface area (Å²) in [5.41, 5.74) is 1.12. The van der Waals surface area contributed by atoms with Gasteiger partial charge in [0, 0.05) is 19.5 Å². The standard InChI is InChI=1S/C21H24N2O4/c1-26-17-8-6-15(7-9-17)19-5-2-10-23(19)21(25)16-12-20(24)22(13-16)14-18-4-3-11-27-18/h3-4,6-9,11,16,19H,2,5,10,12-14H2,1H3/t16-,19+/m1/s1. The van der Waals surface area contributed by atoms with Crippen LogP contribution in [0.4, 0.5) is 0 Å². The molecule has 0 unspecified atom stereocenters. The minimum atomic E-state index is -0.272. The number of methoxy groups -OCH3 is 1. The first-order chi connectivity index (χ1) is 13.2. The molecule has 1 aromatic heterocycles. The van der Waals surface area contributed by atoms with Crippen LogP contribution in [-0.4, -0.2) is 41.8 Å². The van der Waals surface area contributed by atoms with Crippen molar-refractivity contribution in [3.63, 3.8) is 0 Å². The molecule has 2 amide bonds. The molecule has 0 saturated carbocycles. The lowest BCUT2D eigenvalue weighted by atomic mass is 10.0. The third kappa shape index (κ3) is 3.56. The lowest BCUT2D eigenvalue weighted by Crippen LogP contribution is -2.37. The Morgan fingerprint density at radius 1 is 1.26 bits per heavy atom. The van der Waals surface area contributed by atoms with Gasteiger partial charge in [-0.05, 0) is 42.7 Å². The van der Waals surface area contributed by atoms with Gasteiger partial charge in [0.25, 0.3) is 0 Å². The Morgan fingerprint density at radius 3 is 2.78 bits per heavy atom. The third-order valence-electron chi connectivity index (χ3n) is 5.53. The summed E-state index contributed by atoms with van der Waals surface area (Å²) in [5, 5.41) is 0. The van der Waals surface area contributed by atoms with E-state index in [1.165, 1.54) is 0 Å². The van der Waals surface area contributed by atoms with Crippen molar-refractivity contribution in [3.05, 3.63) is 54.0 Å². The van der Waals surface area contributed by atoms with Crippen LogP contribution in [0.2, 0.25) is 0 Å². The number of carbonyl (C=O) groups is 2. The minimum Gasteiger partial charge on any atom is -0.497 e. The number of carbonyl (C=O) groups excluding carboxylic acids is 2. The zero-order valence-electron chi connectivity index (χ0n) is 15.5. The summed E-state index contributed by atoms with van der Waals surface area (Å²) in [6.45, 7) is 1.64. The molecular weight excluding hydrogens is 344 g/mol. The number of nitrogens with zero attached hydrogens (tertiary/aromatic N) is 2. The maximum absolute atomic E-state index is 13.1. The lowest BCUT2D eigenvalue weighted by molar-refractivity contribution is -0.136. The van der Waals surface area contributed by atoms with Crippen LogP contribution in [0, 0.1) is 5.92 Å². The van der Waals surface area contributed by atoms with Crippen LogP contribution in [0.15, 0.2) is 47.1 Å². The normalized spacial score (nSPS) is 22.5. The molecule has 0 radical (unpaired) electrons. The number of amides is 2. The maximum atomic E-state index is 13.1. The molecule has 0 spiro atoms. The van der Waals surface area contributed by atoms with E-state index >= 15 is 0 Å². The zero-order valence-corrected chi connectivity index (χ0v) is 15.5. The number of rotatable bonds is 5. The first-order valence-corrected chi connectivity index (χ1v) is 9.40. The Morgan fingerprint density at radius 2 is 2.07 bits per heavy atom. The van der Waals surface area contributed by atoms with Gasteiger partial charge in [-0.3, -0.25) is 9.59 Å². The van der Waals surface area contributed by atoms with Crippen LogP contribution < -0.4 is 4.74 Å². The van der Waals surface area contributed by atoms with Crippen LogP contribution in [0.1, 0.15) is 36.6 Å². The molecule has 3 heterocycles. The number of hydrogen-bond acceptors (Lipinski definition) is 4. The number of ether oxygens (including phenoxy) is 1. The van der Waals surface area contributed by atoms with Crippen molar-refractivity contribution < 1.29 is 18.7 Å². The number of likely N-dealkylation sites (tertiary alicyclic amines) is 2. The van der Waals surface area contributed by atoms with Crippen molar-refractivity contribution in [2.75, 3.05) is 20.2 Å². The van der Waals surface area contributed by atoms with Crippen molar-refractivity contribution in [2.24, 2.45) is 5.92 Å². The van der Waals surface area contributed by atoms with Gasteiger partial charge >= 0.3 is 0 Å². The molecule has 0 bridgehead atoms. The largest absolute Gasteiger partial charge is 0.497 e. The molecule has 27 heavy (non-hydrogen) atoms. The van der Waals surface area contributed by atoms with E-state index < -0.39 is 0 Å². The summed E-state index contributed by atoms with van der Waals surface area (Å²) in [4.78, 5) is 29.2. The van der Waals surface area contributed by atoms with Crippen LogP contribution in [0.3, 0.4) is 0 Å². The SMILES string of the molecule is COc1ccc([C@@H]2CCCN2C(=O)[C@@H]2CC(=O)N(Cc3ccco3)C2)cc1. The average Bonchev–Trinajstić information content (AvgIpc) is 3.43. The zero-order chi connectivity index (χ0) is 18.8. The summed E-state index contributed by atoms with van der Waals surface area (Å²) in [6.07, 6.45) is 3.82. The monoisotopic (exact) mass is 368 g/mol.